The first-order chi connectivity index (χ1) is 21.9. The van der Waals surface area contributed by atoms with Gasteiger partial charge in [0.25, 0.3) is 5.91 Å². The summed E-state index contributed by atoms with van der Waals surface area (Å²) in [6.45, 7) is 1.06. The fourth-order valence-electron chi connectivity index (χ4n) is 6.20. The Morgan fingerprint density at radius 2 is 1.83 bits per heavy atom. The Bertz CT molecular complexity index is 1730. The smallest absolute Gasteiger partial charge is 0.389 e. The number of sulfonamides is 1. The summed E-state index contributed by atoms with van der Waals surface area (Å²) in [6.07, 6.45) is -3.14. The van der Waals surface area contributed by atoms with Crippen LogP contribution in [0.15, 0.2) is 24.3 Å². The van der Waals surface area contributed by atoms with Crippen LogP contribution in [0.1, 0.15) is 41.4 Å². The standard InChI is InChI=1S/C27H34F2N5O10PS2/c1-14(35)32-8-7-17-4-5-20(24(37)30-18-12-33(13-21(18)36)47(2,42)43)34(17)26(39)19(11-32)31-25(38)23-10-15-9-16(3-6-22(15)46-23)27(28,29)44-45(40)41/h3,6,9-10,17-21,36,45H,4-5,7-8,11-13H2,1-2H3,(H,30,37)(H,31,38)(H,40,41)/t17-,18+,19+,20+,21+/m1/s1. The van der Waals surface area contributed by atoms with Gasteiger partial charge in [-0.2, -0.15) is 13.1 Å². The molecule has 3 aliphatic heterocycles. The molecule has 47 heavy (non-hydrogen) atoms. The quantitative estimate of drug-likeness (QED) is 0.273. The molecule has 5 rings (SSSR count). The second-order valence-corrected chi connectivity index (χ2v) is 15.6. The average molecular weight is 722 g/mol. The number of aliphatic hydroxyl groups is 1. The van der Waals surface area contributed by atoms with Crippen LogP contribution in [0.5, 0.6) is 0 Å². The largest absolute Gasteiger partial charge is 0.390 e. The summed E-state index contributed by atoms with van der Waals surface area (Å²) in [5.41, 5.74) is -0.701. The van der Waals surface area contributed by atoms with E-state index in [1.165, 1.54) is 28.9 Å². The van der Waals surface area contributed by atoms with Crippen molar-refractivity contribution >= 4 is 63.3 Å². The number of hydrogen-bond acceptors (Lipinski definition) is 10. The molecule has 3 aliphatic rings. The highest BCUT2D eigenvalue weighted by molar-refractivity contribution is 7.88. The van der Waals surface area contributed by atoms with Crippen LogP contribution in [0.4, 0.5) is 8.78 Å². The molecule has 0 aliphatic carbocycles. The van der Waals surface area contributed by atoms with Crippen molar-refractivity contribution in [3.05, 3.63) is 34.7 Å². The fraction of sp³-hybridized carbons (Fsp3) is 0.556. The van der Waals surface area contributed by atoms with Gasteiger partial charge in [-0.05, 0) is 48.9 Å². The van der Waals surface area contributed by atoms with Crippen LogP contribution in [0.2, 0.25) is 0 Å². The minimum absolute atomic E-state index is 0.0549. The fourth-order valence-corrected chi connectivity index (χ4v) is 8.34. The molecule has 4 amide bonds. The third-order valence-corrected chi connectivity index (χ3v) is 11.4. The Kier molecular flexibility index (Phi) is 10.1. The van der Waals surface area contributed by atoms with Crippen molar-refractivity contribution in [3.63, 3.8) is 0 Å². The zero-order valence-electron chi connectivity index (χ0n) is 25.2. The highest BCUT2D eigenvalue weighted by atomic mass is 32.2. The lowest BCUT2D eigenvalue weighted by atomic mass is 10.1. The molecule has 4 N–H and O–H groups in total. The Morgan fingerprint density at radius 1 is 1.11 bits per heavy atom. The van der Waals surface area contributed by atoms with Gasteiger partial charge >= 0.3 is 14.4 Å². The van der Waals surface area contributed by atoms with Crippen molar-refractivity contribution in [2.24, 2.45) is 0 Å². The maximum absolute atomic E-state index is 14.2. The number of carbonyl (C=O) groups excluding carboxylic acids is 4. The van der Waals surface area contributed by atoms with Gasteiger partial charge in [0.15, 0.2) is 0 Å². The number of carbonyl (C=O) groups is 4. The van der Waals surface area contributed by atoms with Crippen LogP contribution in [0.25, 0.3) is 10.1 Å². The van der Waals surface area contributed by atoms with E-state index in [2.05, 4.69) is 15.2 Å². The SMILES string of the molecule is CC(=O)N1CC[C@H]2CC[C@@H](C(=O)N[C@H]3CN(S(C)(=O)=O)C[C@@H]3O)N2C(=O)[C@@H](NC(=O)c2cc3cc(C(F)(F)O[PH](=O)O)ccc3s2)C1. The molecular weight excluding hydrogens is 687 g/mol. The molecule has 3 saturated heterocycles. The molecular formula is C27H34F2N5O10PS2. The van der Waals surface area contributed by atoms with Crippen molar-refractivity contribution in [2.75, 3.05) is 32.4 Å². The Balaban J connectivity index is 1.36. The number of nitrogens with zero attached hydrogens (tertiary/aromatic N) is 3. The molecule has 1 aromatic carbocycles. The zero-order chi connectivity index (χ0) is 34.4. The predicted molar refractivity (Wildman–Crippen MR) is 164 cm³/mol. The third-order valence-electron chi connectivity index (χ3n) is 8.59. The number of halogens is 2. The molecule has 6 atom stereocenters. The van der Waals surface area contributed by atoms with E-state index in [0.29, 0.717) is 17.5 Å². The molecule has 4 heterocycles. The van der Waals surface area contributed by atoms with Gasteiger partial charge in [0.1, 0.15) is 12.1 Å². The summed E-state index contributed by atoms with van der Waals surface area (Å²) >= 11 is 0.947. The molecule has 258 valence electrons. The normalized spacial score (nSPS) is 26.5. The first kappa shape index (κ1) is 35.3. The van der Waals surface area contributed by atoms with Crippen LogP contribution in [-0.4, -0.2) is 119 Å². The van der Waals surface area contributed by atoms with E-state index in [1.54, 1.807) is 0 Å². The molecule has 0 radical (unpaired) electrons. The van der Waals surface area contributed by atoms with Gasteiger partial charge in [-0.1, -0.05) is 0 Å². The number of rotatable bonds is 8. The number of thiophene rings is 1. The average Bonchev–Trinajstić information content (AvgIpc) is 3.68. The number of amides is 4. The third kappa shape index (κ3) is 7.66. The molecule has 20 heteroatoms. The summed E-state index contributed by atoms with van der Waals surface area (Å²) < 4.78 is 68.6. The highest BCUT2D eigenvalue weighted by Crippen LogP contribution is 2.39. The van der Waals surface area contributed by atoms with Gasteiger partial charge in [0, 0.05) is 43.8 Å². The van der Waals surface area contributed by atoms with E-state index < -0.39 is 77.9 Å². The first-order valence-corrected chi connectivity index (χ1v) is 18.5. The van der Waals surface area contributed by atoms with E-state index in [1.807, 2.05) is 0 Å². The topological polar surface area (TPSA) is 203 Å². The molecule has 0 spiro atoms. The van der Waals surface area contributed by atoms with E-state index in [0.717, 1.165) is 34.0 Å². The van der Waals surface area contributed by atoms with Gasteiger partial charge in [0.05, 0.1) is 28.8 Å². The maximum atomic E-state index is 14.2. The van der Waals surface area contributed by atoms with Gasteiger partial charge in [0.2, 0.25) is 27.7 Å². The van der Waals surface area contributed by atoms with E-state index in [9.17, 15) is 46.0 Å². The van der Waals surface area contributed by atoms with Crippen LogP contribution in [-0.2, 0) is 39.6 Å². The second kappa shape index (κ2) is 13.4. The number of benzene rings is 1. The van der Waals surface area contributed by atoms with Gasteiger partial charge < -0.3 is 30.4 Å². The minimum atomic E-state index is -4.05. The number of fused-ring (bicyclic) bond motifs is 2. The predicted octanol–water partition coefficient (Wildman–Crippen LogP) is 0.180. The monoisotopic (exact) mass is 721 g/mol. The molecule has 15 nitrogen and oxygen atoms in total. The highest BCUT2D eigenvalue weighted by Gasteiger charge is 2.47. The van der Waals surface area contributed by atoms with Crippen LogP contribution in [0.3, 0.4) is 0 Å². The molecule has 2 aromatic rings. The summed E-state index contributed by atoms with van der Waals surface area (Å²) in [4.78, 5) is 65.0. The van der Waals surface area contributed by atoms with Crippen molar-refractivity contribution in [1.82, 2.24) is 24.7 Å². The van der Waals surface area contributed by atoms with E-state index >= 15 is 0 Å². The zero-order valence-corrected chi connectivity index (χ0v) is 27.9. The summed E-state index contributed by atoms with van der Waals surface area (Å²) in [6, 6.07) is 1.04. The van der Waals surface area contributed by atoms with Gasteiger partial charge in [-0.3, -0.25) is 23.7 Å². The summed E-state index contributed by atoms with van der Waals surface area (Å²) in [5.74, 6) is -2.25. The number of nitrogens with one attached hydrogen (secondary N) is 2. The molecule has 0 bridgehead atoms. The Morgan fingerprint density at radius 3 is 2.47 bits per heavy atom. The van der Waals surface area contributed by atoms with Crippen LogP contribution in [0, 0.1) is 0 Å². The Hall–Kier alpha value is -3.06. The molecule has 1 aromatic heterocycles. The number of hydrogen-bond donors (Lipinski definition) is 4. The number of aliphatic hydroxyl groups excluding tert-OH is 1. The molecule has 1 unspecified atom stereocenters. The van der Waals surface area contributed by atoms with E-state index in [-0.39, 0.29) is 48.8 Å². The van der Waals surface area contributed by atoms with Crippen LogP contribution < -0.4 is 10.6 Å². The van der Waals surface area contributed by atoms with Gasteiger partial charge in [-0.25, -0.2) is 12.9 Å². The lowest BCUT2D eigenvalue weighted by molar-refractivity contribution is -0.185. The second-order valence-electron chi connectivity index (χ2n) is 11.8. The van der Waals surface area contributed by atoms with E-state index in [4.69, 9.17) is 4.89 Å². The lowest BCUT2D eigenvalue weighted by Gasteiger charge is -2.38. The molecule has 3 fully saturated rings. The summed E-state index contributed by atoms with van der Waals surface area (Å²) in [7, 11) is -7.56. The van der Waals surface area contributed by atoms with Crippen molar-refractivity contribution in [1.29, 1.82) is 0 Å². The van der Waals surface area contributed by atoms with Gasteiger partial charge in [-0.15, -0.1) is 11.3 Å². The lowest BCUT2D eigenvalue weighted by Crippen LogP contribution is -2.61. The number of β-amino-alcohol motifs (C(OH)–C–C–N with tert-alkyl or cyclic N) is 1. The molecule has 0 saturated carbocycles. The van der Waals surface area contributed by atoms with Crippen molar-refractivity contribution < 1.29 is 55.5 Å². The maximum Gasteiger partial charge on any atom is 0.389 e. The minimum Gasteiger partial charge on any atom is -0.390 e. The summed E-state index contributed by atoms with van der Waals surface area (Å²) in [5, 5.41) is 15.9. The van der Waals surface area contributed by atoms with Crippen LogP contribution >= 0.6 is 19.6 Å². The Labute approximate surface area is 272 Å². The van der Waals surface area contributed by atoms with Crippen molar-refractivity contribution in [2.45, 2.75) is 62.6 Å². The first-order valence-electron chi connectivity index (χ1n) is 14.6. The number of alkyl halides is 2. The van der Waals surface area contributed by atoms with Crippen molar-refractivity contribution in [3.8, 4) is 0 Å².